The van der Waals surface area contributed by atoms with Crippen LogP contribution < -0.4 is 5.73 Å². The maximum atomic E-state index is 13.7. The minimum Gasteiger partial charge on any atom is -0.387 e. The van der Waals surface area contributed by atoms with Gasteiger partial charge in [0.25, 0.3) is 0 Å². The molecule has 2 rings (SSSR count). The van der Waals surface area contributed by atoms with Gasteiger partial charge in [0.1, 0.15) is 5.82 Å². The van der Waals surface area contributed by atoms with E-state index in [0.717, 1.165) is 30.4 Å². The molecule has 0 spiro atoms. The van der Waals surface area contributed by atoms with Crippen molar-refractivity contribution in [2.24, 2.45) is 11.7 Å². The van der Waals surface area contributed by atoms with Crippen LogP contribution >= 0.6 is 15.9 Å². The Bertz CT molecular complexity index is 450. The van der Waals surface area contributed by atoms with Gasteiger partial charge < -0.3 is 5.73 Å². The second-order valence-corrected chi connectivity index (χ2v) is 5.68. The van der Waals surface area contributed by atoms with Crippen LogP contribution in [0.4, 0.5) is 4.39 Å². The number of likely N-dealkylation sites (tertiary alicyclic amines) is 1. The maximum absolute atomic E-state index is 13.7. The predicted octanol–water partition coefficient (Wildman–Crippen LogP) is 2.74. The topological polar surface area (TPSA) is 53.1 Å². The van der Waals surface area contributed by atoms with E-state index < -0.39 is 0 Å². The summed E-state index contributed by atoms with van der Waals surface area (Å²) in [5.74, 6) is 0.183. The Morgan fingerprint density at radius 3 is 3.00 bits per heavy atom. The zero-order chi connectivity index (χ0) is 13.1. The normalized spacial score (nSPS) is 20.9. The monoisotopic (exact) mass is 313 g/mol. The Morgan fingerprint density at radius 1 is 1.56 bits per heavy atom. The van der Waals surface area contributed by atoms with Crippen molar-refractivity contribution >= 4 is 21.8 Å². The van der Waals surface area contributed by atoms with Crippen LogP contribution in [-0.4, -0.2) is 23.8 Å². The number of benzene rings is 1. The minimum absolute atomic E-state index is 0.122. The van der Waals surface area contributed by atoms with Crippen molar-refractivity contribution < 1.29 is 4.39 Å². The average molecular weight is 314 g/mol. The summed E-state index contributed by atoms with van der Waals surface area (Å²) in [7, 11) is 0. The lowest BCUT2D eigenvalue weighted by Crippen LogP contribution is -2.40. The summed E-state index contributed by atoms with van der Waals surface area (Å²) in [6.45, 7) is 2.28. The Kier molecular flexibility index (Phi) is 4.35. The SMILES string of the molecule is N=C(N)C1CCCN(Cc2ccc(Br)cc2F)C1. The number of halogens is 2. The summed E-state index contributed by atoms with van der Waals surface area (Å²) >= 11 is 3.25. The number of hydrogen-bond acceptors (Lipinski definition) is 2. The van der Waals surface area contributed by atoms with Crippen molar-refractivity contribution in [3.8, 4) is 0 Å². The van der Waals surface area contributed by atoms with E-state index in [9.17, 15) is 4.39 Å². The molecule has 18 heavy (non-hydrogen) atoms. The van der Waals surface area contributed by atoms with E-state index in [1.807, 2.05) is 6.07 Å². The van der Waals surface area contributed by atoms with Crippen LogP contribution in [0.3, 0.4) is 0 Å². The van der Waals surface area contributed by atoms with Crippen molar-refractivity contribution in [1.29, 1.82) is 5.41 Å². The van der Waals surface area contributed by atoms with Crippen LogP contribution in [0, 0.1) is 17.1 Å². The first kappa shape index (κ1) is 13.5. The lowest BCUT2D eigenvalue weighted by molar-refractivity contribution is 0.193. The Balaban J connectivity index is 2.02. The Labute approximate surface area is 115 Å². The van der Waals surface area contributed by atoms with Crippen molar-refractivity contribution in [3.63, 3.8) is 0 Å². The third kappa shape index (κ3) is 3.29. The highest BCUT2D eigenvalue weighted by atomic mass is 79.9. The molecule has 1 aliphatic heterocycles. The maximum Gasteiger partial charge on any atom is 0.128 e. The van der Waals surface area contributed by atoms with E-state index in [2.05, 4.69) is 20.8 Å². The lowest BCUT2D eigenvalue weighted by atomic mass is 9.96. The van der Waals surface area contributed by atoms with Gasteiger partial charge in [0.15, 0.2) is 0 Å². The van der Waals surface area contributed by atoms with Crippen molar-refractivity contribution in [2.75, 3.05) is 13.1 Å². The van der Waals surface area contributed by atoms with E-state index >= 15 is 0 Å². The molecule has 1 unspecified atom stereocenters. The van der Waals surface area contributed by atoms with Crippen LogP contribution in [0.1, 0.15) is 18.4 Å². The summed E-state index contributed by atoms with van der Waals surface area (Å²) in [6, 6.07) is 5.14. The predicted molar refractivity (Wildman–Crippen MR) is 74.0 cm³/mol. The van der Waals surface area contributed by atoms with Gasteiger partial charge in [-0.1, -0.05) is 22.0 Å². The van der Waals surface area contributed by atoms with Gasteiger partial charge in [0.2, 0.25) is 0 Å². The molecule has 0 bridgehead atoms. The van der Waals surface area contributed by atoms with Crippen LogP contribution in [0.25, 0.3) is 0 Å². The summed E-state index contributed by atoms with van der Waals surface area (Å²) in [5.41, 5.74) is 6.25. The van der Waals surface area contributed by atoms with Crippen LogP contribution in [-0.2, 0) is 6.54 Å². The first-order valence-electron chi connectivity index (χ1n) is 6.06. The second-order valence-electron chi connectivity index (χ2n) is 4.77. The van der Waals surface area contributed by atoms with Gasteiger partial charge in [-0.25, -0.2) is 4.39 Å². The summed E-state index contributed by atoms with van der Waals surface area (Å²) in [6.07, 6.45) is 1.98. The van der Waals surface area contributed by atoms with Gasteiger partial charge in [0, 0.05) is 29.0 Å². The van der Waals surface area contributed by atoms with E-state index in [0.29, 0.717) is 12.1 Å². The van der Waals surface area contributed by atoms with Gasteiger partial charge >= 0.3 is 0 Å². The summed E-state index contributed by atoms with van der Waals surface area (Å²) in [4.78, 5) is 2.17. The van der Waals surface area contributed by atoms with Crippen LogP contribution in [0.2, 0.25) is 0 Å². The minimum atomic E-state index is -0.186. The molecule has 1 heterocycles. The van der Waals surface area contributed by atoms with Gasteiger partial charge in [-0.3, -0.25) is 10.3 Å². The second kappa shape index (κ2) is 5.80. The number of rotatable bonds is 3. The fourth-order valence-electron chi connectivity index (χ4n) is 2.34. The fraction of sp³-hybridized carbons (Fsp3) is 0.462. The molecule has 1 aromatic carbocycles. The first-order chi connectivity index (χ1) is 8.56. The molecule has 0 amide bonds. The van der Waals surface area contributed by atoms with E-state index in [1.165, 1.54) is 6.07 Å². The lowest BCUT2D eigenvalue weighted by Gasteiger charge is -2.32. The highest BCUT2D eigenvalue weighted by Crippen LogP contribution is 2.21. The molecule has 0 radical (unpaired) electrons. The van der Waals surface area contributed by atoms with E-state index in [4.69, 9.17) is 11.1 Å². The number of hydrogen-bond donors (Lipinski definition) is 2. The van der Waals surface area contributed by atoms with Gasteiger partial charge in [0.05, 0.1) is 5.84 Å². The highest BCUT2D eigenvalue weighted by Gasteiger charge is 2.22. The largest absolute Gasteiger partial charge is 0.387 e. The standard InChI is InChI=1S/C13H17BrFN3/c14-11-4-3-9(12(15)6-11)7-18-5-1-2-10(8-18)13(16)17/h3-4,6,10H,1-2,5,7-8H2,(H3,16,17). The Hall–Kier alpha value is -0.940. The highest BCUT2D eigenvalue weighted by molar-refractivity contribution is 9.10. The molecule has 1 saturated heterocycles. The van der Waals surface area contributed by atoms with Crippen molar-refractivity contribution in [1.82, 2.24) is 4.90 Å². The molecule has 3 nitrogen and oxygen atoms in total. The molecule has 1 fully saturated rings. The molecule has 0 saturated carbocycles. The zero-order valence-corrected chi connectivity index (χ0v) is 11.7. The molecule has 98 valence electrons. The van der Waals surface area contributed by atoms with Crippen LogP contribution in [0.5, 0.6) is 0 Å². The number of nitrogens with zero attached hydrogens (tertiary/aromatic N) is 1. The van der Waals surface area contributed by atoms with Crippen LogP contribution in [0.15, 0.2) is 22.7 Å². The van der Waals surface area contributed by atoms with Crippen molar-refractivity contribution in [3.05, 3.63) is 34.1 Å². The number of nitrogens with two attached hydrogens (primary N) is 1. The van der Waals surface area contributed by atoms with Gasteiger partial charge in [-0.05, 0) is 31.5 Å². The first-order valence-corrected chi connectivity index (χ1v) is 6.86. The van der Waals surface area contributed by atoms with Gasteiger partial charge in [-0.15, -0.1) is 0 Å². The molecule has 1 aliphatic rings. The molecular weight excluding hydrogens is 297 g/mol. The molecule has 0 aromatic heterocycles. The molecule has 1 atom stereocenters. The summed E-state index contributed by atoms with van der Waals surface area (Å²) in [5, 5.41) is 7.50. The van der Waals surface area contributed by atoms with Crippen molar-refractivity contribution in [2.45, 2.75) is 19.4 Å². The molecule has 3 N–H and O–H groups in total. The molecule has 1 aromatic rings. The number of nitrogens with one attached hydrogen (secondary N) is 1. The quantitative estimate of drug-likeness (QED) is 0.666. The fourth-order valence-corrected chi connectivity index (χ4v) is 2.68. The average Bonchev–Trinajstić information content (AvgIpc) is 2.33. The summed E-state index contributed by atoms with van der Waals surface area (Å²) < 4.78 is 14.5. The molecule has 5 heteroatoms. The van der Waals surface area contributed by atoms with E-state index in [1.54, 1.807) is 6.07 Å². The zero-order valence-electron chi connectivity index (χ0n) is 10.1. The number of amidine groups is 1. The smallest absolute Gasteiger partial charge is 0.128 e. The molecular formula is C13H17BrFN3. The van der Waals surface area contributed by atoms with Gasteiger partial charge in [-0.2, -0.15) is 0 Å². The third-order valence-corrected chi connectivity index (χ3v) is 3.85. The number of piperidine rings is 1. The third-order valence-electron chi connectivity index (χ3n) is 3.35. The van der Waals surface area contributed by atoms with E-state index in [-0.39, 0.29) is 17.6 Å². The molecule has 0 aliphatic carbocycles. The Morgan fingerprint density at radius 2 is 2.33 bits per heavy atom.